The van der Waals surface area contributed by atoms with Crippen LogP contribution in [0.1, 0.15) is 39.0 Å². The number of rotatable bonds is 3. The smallest absolute Gasteiger partial charge is 0.243 e. The Morgan fingerprint density at radius 1 is 1.19 bits per heavy atom. The number of halogens is 2. The molecule has 1 fully saturated rings. The largest absolute Gasteiger partial charge is 0.394 e. The van der Waals surface area contributed by atoms with E-state index in [1.807, 2.05) is 6.92 Å². The predicted molar refractivity (Wildman–Crippen MR) is 77.1 cm³/mol. The van der Waals surface area contributed by atoms with Crippen LogP contribution in [0.5, 0.6) is 0 Å². The third-order valence-corrected chi connectivity index (χ3v) is 5.56. The molecule has 3 N–H and O–H groups in total. The quantitative estimate of drug-likeness (QED) is 0.665. The van der Waals surface area contributed by atoms with E-state index in [1.54, 1.807) is 0 Å². The average molecular weight is 318 g/mol. The lowest BCUT2D eigenvalue weighted by atomic mass is 9.98. The van der Waals surface area contributed by atoms with Crippen molar-refractivity contribution >= 4 is 15.7 Å². The first-order valence-corrected chi connectivity index (χ1v) is 8.57. The van der Waals surface area contributed by atoms with Crippen LogP contribution in [0, 0.1) is 17.6 Å². The summed E-state index contributed by atoms with van der Waals surface area (Å²) in [5.74, 6) is -2.01. The van der Waals surface area contributed by atoms with E-state index in [0.29, 0.717) is 0 Å². The summed E-state index contributed by atoms with van der Waals surface area (Å²) in [7, 11) is -4.05. The molecule has 1 aromatic rings. The summed E-state index contributed by atoms with van der Waals surface area (Å²) in [6.45, 7) is 1.98. The molecule has 0 heterocycles. The number of anilines is 1. The van der Waals surface area contributed by atoms with Crippen molar-refractivity contribution in [1.82, 2.24) is 4.72 Å². The van der Waals surface area contributed by atoms with Crippen LogP contribution in [-0.2, 0) is 10.0 Å². The zero-order valence-corrected chi connectivity index (χ0v) is 12.7. The Bertz CT molecular complexity index is 620. The van der Waals surface area contributed by atoms with Gasteiger partial charge in [0, 0.05) is 6.04 Å². The van der Waals surface area contributed by atoms with E-state index in [4.69, 9.17) is 5.73 Å². The molecule has 0 spiro atoms. The second kappa shape index (κ2) is 6.27. The Balaban J connectivity index is 2.28. The van der Waals surface area contributed by atoms with Gasteiger partial charge < -0.3 is 5.73 Å². The van der Waals surface area contributed by atoms with E-state index in [-0.39, 0.29) is 12.0 Å². The lowest BCUT2D eigenvalue weighted by molar-refractivity contribution is 0.398. The molecule has 0 amide bonds. The third kappa shape index (κ3) is 3.52. The van der Waals surface area contributed by atoms with Crippen molar-refractivity contribution in [2.24, 2.45) is 5.92 Å². The Kier molecular flexibility index (Phi) is 4.83. The predicted octanol–water partition coefficient (Wildman–Crippen LogP) is 2.79. The van der Waals surface area contributed by atoms with Gasteiger partial charge in [-0.15, -0.1) is 0 Å². The maximum atomic E-state index is 13.9. The molecule has 1 aliphatic carbocycles. The van der Waals surface area contributed by atoms with Crippen molar-refractivity contribution in [3.63, 3.8) is 0 Å². The highest BCUT2D eigenvalue weighted by Gasteiger charge is 2.28. The van der Waals surface area contributed by atoms with E-state index in [0.717, 1.165) is 44.2 Å². The number of nitrogens with one attached hydrogen (secondary N) is 1. The van der Waals surface area contributed by atoms with Crippen molar-refractivity contribution in [2.45, 2.75) is 50.0 Å². The van der Waals surface area contributed by atoms with E-state index in [9.17, 15) is 17.2 Å². The van der Waals surface area contributed by atoms with Crippen molar-refractivity contribution in [2.75, 3.05) is 5.73 Å². The number of nitrogens with two attached hydrogens (primary N) is 1. The number of hydrogen-bond acceptors (Lipinski definition) is 3. The molecule has 0 aromatic heterocycles. The number of sulfonamides is 1. The third-order valence-electron chi connectivity index (χ3n) is 4.05. The molecule has 1 aromatic carbocycles. The van der Waals surface area contributed by atoms with Gasteiger partial charge in [0.1, 0.15) is 16.4 Å². The van der Waals surface area contributed by atoms with Crippen molar-refractivity contribution < 1.29 is 17.2 Å². The maximum Gasteiger partial charge on any atom is 0.243 e. The van der Waals surface area contributed by atoms with Gasteiger partial charge in [-0.2, -0.15) is 0 Å². The monoisotopic (exact) mass is 318 g/mol. The normalized spacial score (nSPS) is 23.8. The molecule has 21 heavy (non-hydrogen) atoms. The molecular weight excluding hydrogens is 298 g/mol. The molecule has 0 radical (unpaired) electrons. The summed E-state index contributed by atoms with van der Waals surface area (Å²) in [5.41, 5.74) is 4.45. The summed E-state index contributed by atoms with van der Waals surface area (Å²) in [4.78, 5) is -0.599. The minimum Gasteiger partial charge on any atom is -0.394 e. The average Bonchev–Trinajstić information content (AvgIpc) is 2.61. The van der Waals surface area contributed by atoms with Crippen LogP contribution in [-0.4, -0.2) is 14.5 Å². The molecule has 1 aliphatic rings. The summed E-state index contributed by atoms with van der Waals surface area (Å²) in [6, 6.07) is 1.54. The minimum atomic E-state index is -4.05. The Hall–Kier alpha value is -1.21. The van der Waals surface area contributed by atoms with Crippen LogP contribution in [0.4, 0.5) is 14.5 Å². The zero-order valence-electron chi connectivity index (χ0n) is 11.9. The molecule has 1 saturated carbocycles. The van der Waals surface area contributed by atoms with Crippen LogP contribution in [0.15, 0.2) is 17.0 Å². The molecule has 2 atom stereocenters. The van der Waals surface area contributed by atoms with Gasteiger partial charge in [-0.1, -0.05) is 26.2 Å². The molecule has 2 unspecified atom stereocenters. The van der Waals surface area contributed by atoms with Gasteiger partial charge in [-0.05, 0) is 30.9 Å². The fourth-order valence-electron chi connectivity index (χ4n) is 2.69. The highest BCUT2D eigenvalue weighted by molar-refractivity contribution is 7.89. The summed E-state index contributed by atoms with van der Waals surface area (Å²) in [5, 5.41) is 0. The fourth-order valence-corrected chi connectivity index (χ4v) is 4.16. The number of hydrogen-bond donors (Lipinski definition) is 2. The van der Waals surface area contributed by atoms with Gasteiger partial charge in [-0.25, -0.2) is 21.9 Å². The Morgan fingerprint density at radius 3 is 2.57 bits per heavy atom. The van der Waals surface area contributed by atoms with Crippen molar-refractivity contribution in [3.8, 4) is 0 Å². The molecule has 4 nitrogen and oxygen atoms in total. The first-order chi connectivity index (χ1) is 9.83. The Labute approximate surface area is 123 Å². The lowest BCUT2D eigenvalue weighted by Gasteiger charge is -2.23. The minimum absolute atomic E-state index is 0.183. The molecule has 0 bridgehead atoms. The molecule has 118 valence electrons. The Morgan fingerprint density at radius 2 is 1.86 bits per heavy atom. The van der Waals surface area contributed by atoms with Crippen molar-refractivity contribution in [3.05, 3.63) is 23.8 Å². The first kappa shape index (κ1) is 16.2. The molecular formula is C14H20F2N2O2S. The molecule has 7 heteroatoms. The summed E-state index contributed by atoms with van der Waals surface area (Å²) >= 11 is 0. The SMILES string of the molecule is CC1CCCCCC1NS(=O)(=O)c1ccc(F)c(N)c1F. The van der Waals surface area contributed by atoms with E-state index in [1.165, 1.54) is 0 Å². The van der Waals surface area contributed by atoms with E-state index in [2.05, 4.69) is 4.72 Å². The van der Waals surface area contributed by atoms with Crippen LogP contribution < -0.4 is 10.5 Å². The van der Waals surface area contributed by atoms with Gasteiger partial charge in [0.05, 0.1) is 0 Å². The second-order valence-electron chi connectivity index (χ2n) is 5.62. The van der Waals surface area contributed by atoms with Crippen LogP contribution >= 0.6 is 0 Å². The van der Waals surface area contributed by atoms with Gasteiger partial charge in [0.2, 0.25) is 10.0 Å². The molecule has 2 rings (SSSR count). The zero-order chi connectivity index (χ0) is 15.6. The summed E-state index contributed by atoms with van der Waals surface area (Å²) in [6.07, 6.45) is 4.73. The molecule has 0 aliphatic heterocycles. The van der Waals surface area contributed by atoms with Crippen LogP contribution in [0.25, 0.3) is 0 Å². The number of nitrogen functional groups attached to an aromatic ring is 1. The topological polar surface area (TPSA) is 72.2 Å². The van der Waals surface area contributed by atoms with Gasteiger partial charge in [0.15, 0.2) is 5.82 Å². The van der Waals surface area contributed by atoms with E-state index >= 15 is 0 Å². The standard InChI is InChI=1S/C14H20F2N2O2S/c1-9-5-3-2-4-6-11(9)18-21(19,20)12-8-7-10(15)14(17)13(12)16/h7-9,11,18H,2-6,17H2,1H3. The highest BCUT2D eigenvalue weighted by atomic mass is 32.2. The maximum absolute atomic E-state index is 13.9. The lowest BCUT2D eigenvalue weighted by Crippen LogP contribution is -2.39. The van der Waals surface area contributed by atoms with E-state index < -0.39 is 32.2 Å². The molecule has 0 saturated heterocycles. The summed E-state index contributed by atoms with van der Waals surface area (Å²) < 4.78 is 54.2. The van der Waals surface area contributed by atoms with Crippen LogP contribution in [0.2, 0.25) is 0 Å². The van der Waals surface area contributed by atoms with Gasteiger partial charge in [0.25, 0.3) is 0 Å². The first-order valence-electron chi connectivity index (χ1n) is 7.08. The van der Waals surface area contributed by atoms with Gasteiger partial charge >= 0.3 is 0 Å². The van der Waals surface area contributed by atoms with Crippen molar-refractivity contribution in [1.29, 1.82) is 0 Å². The van der Waals surface area contributed by atoms with Crippen LogP contribution in [0.3, 0.4) is 0 Å². The fraction of sp³-hybridized carbons (Fsp3) is 0.571. The number of benzene rings is 1. The van der Waals surface area contributed by atoms with Gasteiger partial charge in [-0.3, -0.25) is 0 Å². The highest BCUT2D eigenvalue weighted by Crippen LogP contribution is 2.27. The second-order valence-corrected chi connectivity index (χ2v) is 7.30.